The van der Waals surface area contributed by atoms with Crippen LogP contribution in [0.1, 0.15) is 11.4 Å². The fraction of sp³-hybridized carbons (Fsp3) is 0.444. The van der Waals surface area contributed by atoms with Crippen molar-refractivity contribution in [3.8, 4) is 0 Å². The lowest BCUT2D eigenvalue weighted by molar-refractivity contribution is -0.140. The van der Waals surface area contributed by atoms with E-state index in [0.29, 0.717) is 11.4 Å². The van der Waals surface area contributed by atoms with Gasteiger partial charge in [-0.3, -0.25) is 9.59 Å². The van der Waals surface area contributed by atoms with Crippen molar-refractivity contribution in [1.29, 1.82) is 0 Å². The molecule has 1 N–H and O–H groups in total. The first-order valence-corrected chi connectivity index (χ1v) is 4.33. The van der Waals surface area contributed by atoms with Crippen LogP contribution in [0, 0.1) is 6.92 Å². The van der Waals surface area contributed by atoms with Gasteiger partial charge in [-0.1, -0.05) is 0 Å². The number of esters is 1. The van der Waals surface area contributed by atoms with Crippen LogP contribution < -0.4 is 0 Å². The molecular formula is C9H12N2O4. The van der Waals surface area contributed by atoms with Crippen LogP contribution in [-0.2, 0) is 27.3 Å². The largest absolute Gasteiger partial charge is 0.480 e. The maximum atomic E-state index is 11.0. The van der Waals surface area contributed by atoms with E-state index >= 15 is 0 Å². The molecule has 0 spiro atoms. The van der Waals surface area contributed by atoms with Gasteiger partial charge in [-0.2, -0.15) is 0 Å². The number of carbonyl (C=O) groups excluding carboxylic acids is 1. The molecule has 0 atom stereocenters. The number of hydrogen-bond donors (Lipinski definition) is 1. The molecule has 1 heterocycles. The van der Waals surface area contributed by atoms with Crippen LogP contribution in [0.2, 0.25) is 0 Å². The molecule has 6 heteroatoms. The Hall–Kier alpha value is -1.85. The van der Waals surface area contributed by atoms with Crippen LogP contribution in [0.25, 0.3) is 0 Å². The summed E-state index contributed by atoms with van der Waals surface area (Å²) in [6.45, 7) is 1.56. The minimum Gasteiger partial charge on any atom is -0.480 e. The molecule has 0 aliphatic carbocycles. The molecule has 0 aliphatic heterocycles. The Bertz CT molecular complexity index is 383. The normalized spacial score (nSPS) is 10.0. The van der Waals surface area contributed by atoms with E-state index in [1.807, 2.05) is 0 Å². The molecule has 0 saturated carbocycles. The molecule has 15 heavy (non-hydrogen) atoms. The predicted molar refractivity (Wildman–Crippen MR) is 50.3 cm³/mol. The van der Waals surface area contributed by atoms with E-state index in [4.69, 9.17) is 5.11 Å². The van der Waals surface area contributed by atoms with Crippen molar-refractivity contribution in [2.24, 2.45) is 0 Å². The van der Waals surface area contributed by atoms with Crippen molar-refractivity contribution in [3.05, 3.63) is 17.7 Å². The van der Waals surface area contributed by atoms with Crippen LogP contribution in [-0.4, -0.2) is 33.7 Å². The number of carboxylic acid groups (broad SMARTS) is 1. The Kier molecular flexibility index (Phi) is 3.43. The Morgan fingerprint density at radius 2 is 2.27 bits per heavy atom. The second-order valence-corrected chi connectivity index (χ2v) is 3.05. The van der Waals surface area contributed by atoms with E-state index in [9.17, 15) is 9.59 Å². The monoisotopic (exact) mass is 212 g/mol. The van der Waals surface area contributed by atoms with Crippen LogP contribution in [0.3, 0.4) is 0 Å². The van der Waals surface area contributed by atoms with Gasteiger partial charge in [-0.25, -0.2) is 4.98 Å². The SMILES string of the molecule is COC(=O)Cc1ncn(CC(=O)O)c1C. The maximum absolute atomic E-state index is 11.0. The highest BCUT2D eigenvalue weighted by Gasteiger charge is 2.12. The van der Waals surface area contributed by atoms with Gasteiger partial charge < -0.3 is 14.4 Å². The third-order valence-electron chi connectivity index (χ3n) is 2.05. The third kappa shape index (κ3) is 2.80. The van der Waals surface area contributed by atoms with E-state index in [1.54, 1.807) is 6.92 Å². The van der Waals surface area contributed by atoms with E-state index in [0.717, 1.165) is 0 Å². The Balaban J connectivity index is 2.79. The van der Waals surface area contributed by atoms with Gasteiger partial charge in [0.1, 0.15) is 6.54 Å². The standard InChI is InChI=1S/C9H12N2O4/c1-6-7(3-9(14)15-2)10-5-11(6)4-8(12)13/h5H,3-4H2,1-2H3,(H,12,13). The molecule has 1 aromatic heterocycles. The summed E-state index contributed by atoms with van der Waals surface area (Å²) in [6.07, 6.45) is 1.47. The van der Waals surface area contributed by atoms with E-state index < -0.39 is 11.9 Å². The van der Waals surface area contributed by atoms with Gasteiger partial charge in [0.2, 0.25) is 0 Å². The van der Waals surface area contributed by atoms with Crippen molar-refractivity contribution in [3.63, 3.8) is 0 Å². The zero-order valence-electron chi connectivity index (χ0n) is 8.56. The fourth-order valence-electron chi connectivity index (χ4n) is 1.17. The smallest absolute Gasteiger partial charge is 0.323 e. The number of aliphatic carboxylic acids is 1. The van der Waals surface area contributed by atoms with Gasteiger partial charge in [-0.05, 0) is 6.92 Å². The summed E-state index contributed by atoms with van der Waals surface area (Å²) in [4.78, 5) is 25.4. The first-order valence-electron chi connectivity index (χ1n) is 4.33. The maximum Gasteiger partial charge on any atom is 0.323 e. The lowest BCUT2D eigenvalue weighted by Crippen LogP contribution is -2.10. The average molecular weight is 212 g/mol. The summed E-state index contributed by atoms with van der Waals surface area (Å²) in [6, 6.07) is 0. The number of imidazole rings is 1. The predicted octanol–water partition coefficient (Wildman–Crippen LogP) is -0.00838. The quantitative estimate of drug-likeness (QED) is 0.710. The fourth-order valence-corrected chi connectivity index (χ4v) is 1.17. The number of methoxy groups -OCH3 is 1. The summed E-state index contributed by atoms with van der Waals surface area (Å²) in [5.74, 6) is -1.33. The molecule has 6 nitrogen and oxygen atoms in total. The summed E-state index contributed by atoms with van der Waals surface area (Å²) in [5.41, 5.74) is 1.21. The Labute approximate surface area is 86.5 Å². The lowest BCUT2D eigenvalue weighted by atomic mass is 10.2. The van der Waals surface area contributed by atoms with Gasteiger partial charge in [0, 0.05) is 5.69 Å². The van der Waals surface area contributed by atoms with Gasteiger partial charge in [0.15, 0.2) is 0 Å². The molecule has 0 fully saturated rings. The highest BCUT2D eigenvalue weighted by molar-refractivity contribution is 5.72. The number of rotatable bonds is 4. The van der Waals surface area contributed by atoms with Gasteiger partial charge in [0.05, 0.1) is 25.6 Å². The molecule has 0 radical (unpaired) electrons. The first-order chi connectivity index (χ1) is 7.04. The summed E-state index contributed by atoms with van der Waals surface area (Å²) >= 11 is 0. The first kappa shape index (κ1) is 11.2. The van der Waals surface area contributed by atoms with Crippen molar-refractivity contribution >= 4 is 11.9 Å². The Morgan fingerprint density at radius 3 is 2.80 bits per heavy atom. The van der Waals surface area contributed by atoms with Gasteiger partial charge >= 0.3 is 11.9 Å². The summed E-state index contributed by atoms with van der Waals surface area (Å²) in [5, 5.41) is 8.59. The number of carboxylic acids is 1. The summed E-state index contributed by atoms with van der Waals surface area (Å²) < 4.78 is 5.97. The third-order valence-corrected chi connectivity index (χ3v) is 2.05. The highest BCUT2D eigenvalue weighted by atomic mass is 16.5. The average Bonchev–Trinajstić information content (AvgIpc) is 2.49. The van der Waals surface area contributed by atoms with Crippen LogP contribution in [0.4, 0.5) is 0 Å². The molecular weight excluding hydrogens is 200 g/mol. The molecule has 0 unspecified atom stereocenters. The zero-order chi connectivity index (χ0) is 11.4. The Morgan fingerprint density at radius 1 is 1.60 bits per heavy atom. The molecule has 0 aliphatic rings. The number of nitrogens with zero attached hydrogens (tertiary/aromatic N) is 2. The van der Waals surface area contributed by atoms with Crippen molar-refractivity contribution < 1.29 is 19.4 Å². The lowest BCUT2D eigenvalue weighted by Gasteiger charge is -2.01. The zero-order valence-corrected chi connectivity index (χ0v) is 8.56. The van der Waals surface area contributed by atoms with Crippen LogP contribution >= 0.6 is 0 Å². The molecule has 0 aromatic carbocycles. The second-order valence-electron chi connectivity index (χ2n) is 3.05. The topological polar surface area (TPSA) is 81.4 Å². The van der Waals surface area contributed by atoms with Gasteiger partial charge in [-0.15, -0.1) is 0 Å². The summed E-state index contributed by atoms with van der Waals surface area (Å²) in [7, 11) is 1.30. The van der Waals surface area contributed by atoms with Crippen molar-refractivity contribution in [2.45, 2.75) is 19.9 Å². The van der Waals surface area contributed by atoms with E-state index in [2.05, 4.69) is 9.72 Å². The van der Waals surface area contributed by atoms with Crippen LogP contribution in [0.5, 0.6) is 0 Å². The highest BCUT2D eigenvalue weighted by Crippen LogP contribution is 2.07. The van der Waals surface area contributed by atoms with Gasteiger partial charge in [0.25, 0.3) is 0 Å². The number of ether oxygens (including phenoxy) is 1. The van der Waals surface area contributed by atoms with Crippen LogP contribution in [0.15, 0.2) is 6.33 Å². The molecule has 1 rings (SSSR count). The minimum absolute atomic E-state index is 0.0644. The van der Waals surface area contributed by atoms with E-state index in [1.165, 1.54) is 18.0 Å². The van der Waals surface area contributed by atoms with Crippen molar-refractivity contribution in [1.82, 2.24) is 9.55 Å². The van der Waals surface area contributed by atoms with E-state index in [-0.39, 0.29) is 13.0 Å². The minimum atomic E-state index is -0.944. The number of carbonyl (C=O) groups is 2. The molecule has 1 aromatic rings. The number of aromatic nitrogens is 2. The molecule has 0 bridgehead atoms. The second kappa shape index (κ2) is 4.59. The molecule has 0 saturated heterocycles. The number of hydrogen-bond acceptors (Lipinski definition) is 4. The molecule has 0 amide bonds. The molecule has 82 valence electrons. The van der Waals surface area contributed by atoms with Crippen molar-refractivity contribution in [2.75, 3.05) is 7.11 Å².